The molecule has 144 valence electrons. The largest absolute Gasteiger partial charge is 0.497 e. The summed E-state index contributed by atoms with van der Waals surface area (Å²) in [6.07, 6.45) is 0. The molecule has 0 aromatic heterocycles. The third-order valence-electron chi connectivity index (χ3n) is 5.48. The highest BCUT2D eigenvalue weighted by molar-refractivity contribution is 5.93. The van der Waals surface area contributed by atoms with Crippen LogP contribution >= 0.6 is 0 Å². The number of anilines is 1. The average Bonchev–Trinajstić information content (AvgIpc) is 2.68. The second-order valence-corrected chi connectivity index (χ2v) is 7.52. The number of piperazine rings is 1. The molecule has 3 N–H and O–H groups in total. The molecule has 3 rings (SSSR count). The van der Waals surface area contributed by atoms with E-state index in [0.29, 0.717) is 0 Å². The highest BCUT2D eigenvalue weighted by Crippen LogP contribution is 2.16. The quantitative estimate of drug-likeness (QED) is 0.687. The van der Waals surface area contributed by atoms with Crippen LogP contribution in [-0.4, -0.2) is 45.2 Å². The normalized spacial score (nSPS) is 20.7. The molecule has 0 bridgehead atoms. The third-order valence-corrected chi connectivity index (χ3v) is 5.48. The number of ether oxygens (including phenoxy) is 1. The molecule has 2 aromatic carbocycles. The molecule has 1 atom stereocenters. The molecular formula is C22H31N3O2+2. The Morgan fingerprint density at radius 2 is 1.85 bits per heavy atom. The molecular weight excluding hydrogens is 338 g/mol. The summed E-state index contributed by atoms with van der Waals surface area (Å²) in [6, 6.07) is 16.2. The summed E-state index contributed by atoms with van der Waals surface area (Å²) < 4.78 is 5.22. The van der Waals surface area contributed by atoms with Crippen LogP contribution in [0, 0.1) is 6.92 Å². The summed E-state index contributed by atoms with van der Waals surface area (Å²) >= 11 is 0. The fourth-order valence-electron chi connectivity index (χ4n) is 3.78. The Kier molecular flexibility index (Phi) is 6.48. The molecule has 0 saturated carbocycles. The highest BCUT2D eigenvalue weighted by atomic mass is 16.5. The van der Waals surface area contributed by atoms with Gasteiger partial charge >= 0.3 is 0 Å². The van der Waals surface area contributed by atoms with Crippen molar-refractivity contribution in [1.29, 1.82) is 0 Å². The first kappa shape index (κ1) is 19.4. The molecule has 27 heavy (non-hydrogen) atoms. The predicted molar refractivity (Wildman–Crippen MR) is 107 cm³/mol. The smallest absolute Gasteiger partial charge is 0.282 e. The standard InChI is InChI=1S/C22H29N3O2/c1-17-6-4-7-19(14-17)16-24-10-12-25(13-11-24)18(2)22(26)23-20-8-5-9-21(15-20)27-3/h4-9,14-15,18H,10-13,16H2,1-3H3,(H,23,26)/p+2/t18-/m0/s1. The van der Waals surface area contributed by atoms with Gasteiger partial charge in [0.2, 0.25) is 0 Å². The zero-order chi connectivity index (χ0) is 19.2. The van der Waals surface area contributed by atoms with E-state index in [4.69, 9.17) is 4.74 Å². The number of rotatable bonds is 6. The summed E-state index contributed by atoms with van der Waals surface area (Å²) in [4.78, 5) is 15.6. The molecule has 0 spiro atoms. The van der Waals surface area contributed by atoms with Gasteiger partial charge in [0.1, 0.15) is 38.5 Å². The fraction of sp³-hybridized carbons (Fsp3) is 0.409. The van der Waals surface area contributed by atoms with Crippen LogP contribution in [0.4, 0.5) is 5.69 Å². The second-order valence-electron chi connectivity index (χ2n) is 7.52. The highest BCUT2D eigenvalue weighted by Gasteiger charge is 2.31. The Morgan fingerprint density at radius 3 is 2.56 bits per heavy atom. The van der Waals surface area contributed by atoms with Crippen LogP contribution in [-0.2, 0) is 11.3 Å². The first-order valence-electron chi connectivity index (χ1n) is 9.74. The van der Waals surface area contributed by atoms with Gasteiger partial charge in [0.15, 0.2) is 6.04 Å². The summed E-state index contributed by atoms with van der Waals surface area (Å²) in [6.45, 7) is 9.47. The third kappa shape index (κ3) is 5.31. The number of aryl methyl sites for hydroxylation is 1. The SMILES string of the molecule is COc1cccc(NC(=O)[C@H](C)[NH+]2CC[NH+](Cc3cccc(C)c3)CC2)c1. The molecule has 0 radical (unpaired) electrons. The molecule has 2 aromatic rings. The van der Waals surface area contributed by atoms with Gasteiger partial charge in [-0.1, -0.05) is 35.9 Å². The van der Waals surface area contributed by atoms with Gasteiger partial charge in [-0.3, -0.25) is 4.79 Å². The van der Waals surface area contributed by atoms with Crippen molar-refractivity contribution in [2.75, 3.05) is 38.6 Å². The van der Waals surface area contributed by atoms with Crippen molar-refractivity contribution >= 4 is 11.6 Å². The van der Waals surface area contributed by atoms with Crippen LogP contribution in [0.25, 0.3) is 0 Å². The Labute approximate surface area is 161 Å². The fourth-order valence-corrected chi connectivity index (χ4v) is 3.78. The van der Waals surface area contributed by atoms with Crippen molar-refractivity contribution in [1.82, 2.24) is 0 Å². The zero-order valence-electron chi connectivity index (χ0n) is 16.5. The maximum atomic E-state index is 12.6. The van der Waals surface area contributed by atoms with Gasteiger partial charge in [-0.05, 0) is 26.0 Å². The Hall–Kier alpha value is -2.37. The van der Waals surface area contributed by atoms with E-state index in [0.717, 1.165) is 44.2 Å². The van der Waals surface area contributed by atoms with E-state index in [2.05, 4.69) is 36.5 Å². The van der Waals surface area contributed by atoms with E-state index < -0.39 is 0 Å². The van der Waals surface area contributed by atoms with Gasteiger partial charge in [-0.2, -0.15) is 0 Å². The van der Waals surface area contributed by atoms with E-state index in [1.54, 1.807) is 12.0 Å². The molecule has 1 aliphatic heterocycles. The lowest BCUT2D eigenvalue weighted by Gasteiger charge is -2.32. The minimum absolute atomic E-state index is 0.0586. The number of amides is 1. The summed E-state index contributed by atoms with van der Waals surface area (Å²) in [5, 5.41) is 3.02. The molecule has 1 aliphatic rings. The van der Waals surface area contributed by atoms with Gasteiger partial charge in [0.25, 0.3) is 5.91 Å². The molecule has 5 heteroatoms. The van der Waals surface area contributed by atoms with Crippen molar-refractivity contribution in [3.05, 3.63) is 59.7 Å². The van der Waals surface area contributed by atoms with E-state index >= 15 is 0 Å². The van der Waals surface area contributed by atoms with Crippen molar-refractivity contribution in [2.24, 2.45) is 0 Å². The number of carbonyl (C=O) groups excluding carboxylic acids is 1. The number of quaternary nitrogens is 2. The summed E-state index contributed by atoms with van der Waals surface area (Å²) in [7, 11) is 1.63. The minimum Gasteiger partial charge on any atom is -0.497 e. The predicted octanol–water partition coefficient (Wildman–Crippen LogP) is 0.314. The lowest BCUT2D eigenvalue weighted by Crippen LogP contribution is -3.29. The number of carbonyl (C=O) groups is 1. The van der Waals surface area contributed by atoms with Crippen LogP contribution in [0.1, 0.15) is 18.1 Å². The second kappa shape index (κ2) is 9.02. The number of hydrogen-bond donors (Lipinski definition) is 3. The molecule has 5 nitrogen and oxygen atoms in total. The lowest BCUT2D eigenvalue weighted by molar-refractivity contribution is -1.02. The average molecular weight is 370 g/mol. The summed E-state index contributed by atoms with van der Waals surface area (Å²) in [5.41, 5.74) is 3.51. The number of benzene rings is 2. The first-order chi connectivity index (χ1) is 13.0. The van der Waals surface area contributed by atoms with Crippen LogP contribution in [0.5, 0.6) is 5.75 Å². The minimum atomic E-state index is -0.0586. The van der Waals surface area contributed by atoms with Gasteiger partial charge in [0.05, 0.1) is 7.11 Å². The van der Waals surface area contributed by atoms with Crippen LogP contribution in [0.2, 0.25) is 0 Å². The number of hydrogen-bond acceptors (Lipinski definition) is 2. The van der Waals surface area contributed by atoms with E-state index in [9.17, 15) is 4.79 Å². The number of nitrogens with one attached hydrogen (secondary N) is 3. The van der Waals surface area contributed by atoms with Crippen LogP contribution in [0.15, 0.2) is 48.5 Å². The van der Waals surface area contributed by atoms with E-state index in [1.165, 1.54) is 16.0 Å². The molecule has 1 amide bonds. The van der Waals surface area contributed by atoms with Crippen molar-refractivity contribution in [3.8, 4) is 5.75 Å². The Bertz CT molecular complexity index is 770. The van der Waals surface area contributed by atoms with Crippen molar-refractivity contribution < 1.29 is 19.3 Å². The molecule has 1 heterocycles. The monoisotopic (exact) mass is 369 g/mol. The van der Waals surface area contributed by atoms with Crippen LogP contribution < -0.4 is 19.9 Å². The van der Waals surface area contributed by atoms with Gasteiger partial charge in [0, 0.05) is 17.3 Å². The topological polar surface area (TPSA) is 47.2 Å². The van der Waals surface area contributed by atoms with E-state index in [-0.39, 0.29) is 11.9 Å². The van der Waals surface area contributed by atoms with Gasteiger partial charge in [-0.15, -0.1) is 0 Å². The molecule has 1 fully saturated rings. The Morgan fingerprint density at radius 1 is 1.11 bits per heavy atom. The molecule has 1 saturated heterocycles. The molecule has 0 aliphatic carbocycles. The summed E-state index contributed by atoms with van der Waals surface area (Å²) in [5.74, 6) is 0.821. The van der Waals surface area contributed by atoms with Crippen LogP contribution in [0.3, 0.4) is 0 Å². The maximum absolute atomic E-state index is 12.6. The van der Waals surface area contributed by atoms with Crippen molar-refractivity contribution in [2.45, 2.75) is 26.4 Å². The van der Waals surface area contributed by atoms with Gasteiger partial charge < -0.3 is 19.9 Å². The zero-order valence-corrected chi connectivity index (χ0v) is 16.5. The Balaban J connectivity index is 1.50. The first-order valence-corrected chi connectivity index (χ1v) is 9.74. The number of methoxy groups -OCH3 is 1. The van der Waals surface area contributed by atoms with Crippen molar-refractivity contribution in [3.63, 3.8) is 0 Å². The maximum Gasteiger partial charge on any atom is 0.282 e. The van der Waals surface area contributed by atoms with E-state index in [1.807, 2.05) is 31.2 Å². The van der Waals surface area contributed by atoms with Gasteiger partial charge in [-0.25, -0.2) is 0 Å². The lowest BCUT2D eigenvalue weighted by atomic mass is 10.1. The molecule has 0 unspecified atom stereocenters.